The molecule has 0 aromatic carbocycles. The van der Waals surface area contributed by atoms with Crippen LogP contribution in [0, 0.1) is 0 Å². The first-order valence-corrected chi connectivity index (χ1v) is 6.55. The first-order valence-electron chi connectivity index (χ1n) is 6.55. The monoisotopic (exact) mass is 259 g/mol. The zero-order chi connectivity index (χ0) is 13.8. The van der Waals surface area contributed by atoms with Crippen LogP contribution in [0.4, 0.5) is 4.79 Å². The first-order chi connectivity index (χ1) is 8.28. The van der Waals surface area contributed by atoms with Crippen molar-refractivity contribution in [2.45, 2.75) is 58.3 Å². The van der Waals surface area contributed by atoms with Gasteiger partial charge in [-0.3, -0.25) is 0 Å². The van der Waals surface area contributed by atoms with Crippen LogP contribution >= 0.6 is 0 Å². The van der Waals surface area contributed by atoms with Gasteiger partial charge >= 0.3 is 6.09 Å². The Kier molecular flexibility index (Phi) is 5.41. The summed E-state index contributed by atoms with van der Waals surface area (Å²) < 4.78 is 10.9. The van der Waals surface area contributed by atoms with Gasteiger partial charge in [-0.2, -0.15) is 0 Å². The maximum Gasteiger partial charge on any atom is 0.410 e. The lowest BCUT2D eigenvalue weighted by Gasteiger charge is -2.34. The van der Waals surface area contributed by atoms with Crippen molar-refractivity contribution in [3.63, 3.8) is 0 Å². The summed E-state index contributed by atoms with van der Waals surface area (Å²) in [6, 6.07) is 0. The smallest absolute Gasteiger partial charge is 0.410 e. The molecule has 0 saturated carbocycles. The van der Waals surface area contributed by atoms with Gasteiger partial charge in [-0.05, 0) is 40.5 Å². The van der Waals surface area contributed by atoms with Gasteiger partial charge in [0.25, 0.3) is 0 Å². The minimum atomic E-state index is -0.468. The van der Waals surface area contributed by atoms with E-state index in [9.17, 15) is 9.90 Å². The molecule has 18 heavy (non-hydrogen) atoms. The van der Waals surface area contributed by atoms with Gasteiger partial charge < -0.3 is 19.5 Å². The fourth-order valence-corrected chi connectivity index (χ4v) is 1.81. The average Bonchev–Trinajstić information content (AvgIpc) is 2.24. The minimum absolute atomic E-state index is 0.000804. The predicted molar refractivity (Wildman–Crippen MR) is 68.5 cm³/mol. The molecular weight excluding hydrogens is 234 g/mol. The number of morpholine rings is 1. The van der Waals surface area contributed by atoms with E-state index in [1.54, 1.807) is 11.8 Å². The first kappa shape index (κ1) is 15.2. The molecule has 1 rings (SSSR count). The van der Waals surface area contributed by atoms with E-state index >= 15 is 0 Å². The van der Waals surface area contributed by atoms with Crippen LogP contribution in [-0.4, -0.2) is 53.6 Å². The molecule has 0 aliphatic carbocycles. The summed E-state index contributed by atoms with van der Waals surface area (Å²) in [7, 11) is 0. The van der Waals surface area contributed by atoms with Gasteiger partial charge in [-0.15, -0.1) is 0 Å². The summed E-state index contributed by atoms with van der Waals surface area (Å²) in [4.78, 5) is 13.6. The Labute approximate surface area is 109 Å². The van der Waals surface area contributed by atoms with Crippen LogP contribution in [0.5, 0.6) is 0 Å². The van der Waals surface area contributed by atoms with Gasteiger partial charge in [0, 0.05) is 6.54 Å². The Balaban J connectivity index is 2.40. The number of carbonyl (C=O) groups is 1. The second-order valence-electron chi connectivity index (χ2n) is 5.85. The Bertz CT molecular complexity index is 273. The largest absolute Gasteiger partial charge is 0.444 e. The van der Waals surface area contributed by atoms with Crippen LogP contribution in [-0.2, 0) is 9.47 Å². The lowest BCUT2D eigenvalue weighted by atomic mass is 10.1. The molecule has 0 spiro atoms. The number of rotatable bonds is 3. The van der Waals surface area contributed by atoms with Crippen LogP contribution in [0.3, 0.4) is 0 Å². The number of hydrogen-bond donors (Lipinski definition) is 1. The third-order valence-electron chi connectivity index (χ3n) is 2.70. The van der Waals surface area contributed by atoms with E-state index in [1.807, 2.05) is 20.8 Å². The molecule has 5 nitrogen and oxygen atoms in total. The number of amides is 1. The highest BCUT2D eigenvalue weighted by molar-refractivity contribution is 5.68. The molecule has 1 saturated heterocycles. The Morgan fingerprint density at radius 2 is 2.22 bits per heavy atom. The summed E-state index contributed by atoms with van der Waals surface area (Å²) in [6.07, 6.45) is 0.836. The molecule has 0 aromatic rings. The summed E-state index contributed by atoms with van der Waals surface area (Å²) in [5, 5.41) is 9.25. The Hall–Kier alpha value is -0.810. The van der Waals surface area contributed by atoms with Crippen molar-refractivity contribution in [2.24, 2.45) is 0 Å². The molecule has 1 amide bonds. The number of ether oxygens (including phenoxy) is 2. The number of aliphatic hydroxyl groups is 1. The van der Waals surface area contributed by atoms with E-state index in [-0.39, 0.29) is 18.3 Å². The molecule has 0 bridgehead atoms. The molecule has 1 unspecified atom stereocenters. The van der Waals surface area contributed by atoms with Crippen molar-refractivity contribution in [1.82, 2.24) is 4.90 Å². The maximum atomic E-state index is 11.9. The standard InChI is InChI=1S/C13H25NO4/c1-10(15)5-6-11-9-14(7-8-17-11)12(16)18-13(2,3)4/h10-11,15H,5-9H2,1-4H3/t10-,11?/m1/s1. The van der Waals surface area contributed by atoms with Crippen molar-refractivity contribution in [3.8, 4) is 0 Å². The van der Waals surface area contributed by atoms with E-state index in [0.29, 0.717) is 26.1 Å². The van der Waals surface area contributed by atoms with Crippen molar-refractivity contribution in [1.29, 1.82) is 0 Å². The van der Waals surface area contributed by atoms with Gasteiger partial charge in [0.2, 0.25) is 0 Å². The highest BCUT2D eigenvalue weighted by Crippen LogP contribution is 2.15. The third-order valence-corrected chi connectivity index (χ3v) is 2.70. The molecule has 1 aliphatic rings. The molecule has 0 aromatic heterocycles. The molecule has 5 heteroatoms. The Morgan fingerprint density at radius 1 is 1.56 bits per heavy atom. The van der Waals surface area contributed by atoms with Gasteiger partial charge in [-0.1, -0.05) is 0 Å². The minimum Gasteiger partial charge on any atom is -0.444 e. The van der Waals surface area contributed by atoms with Crippen LogP contribution < -0.4 is 0 Å². The predicted octanol–water partition coefficient (Wildman–Crippen LogP) is 1.78. The highest BCUT2D eigenvalue weighted by Gasteiger charge is 2.27. The number of carbonyl (C=O) groups excluding carboxylic acids is 1. The molecule has 1 fully saturated rings. The van der Waals surface area contributed by atoms with E-state index < -0.39 is 5.60 Å². The zero-order valence-electron chi connectivity index (χ0n) is 11.8. The molecule has 106 valence electrons. The summed E-state index contributed by atoms with van der Waals surface area (Å²) >= 11 is 0. The SMILES string of the molecule is C[C@@H](O)CCC1CN(C(=O)OC(C)(C)C)CCO1. The van der Waals surface area contributed by atoms with E-state index in [1.165, 1.54) is 0 Å². The summed E-state index contributed by atoms with van der Waals surface area (Å²) in [6.45, 7) is 8.97. The van der Waals surface area contributed by atoms with Gasteiger partial charge in [-0.25, -0.2) is 4.79 Å². The molecule has 1 N–H and O–H groups in total. The molecule has 0 radical (unpaired) electrons. The number of nitrogens with zero attached hydrogens (tertiary/aromatic N) is 1. The van der Waals surface area contributed by atoms with Crippen molar-refractivity contribution in [3.05, 3.63) is 0 Å². The second-order valence-corrected chi connectivity index (χ2v) is 5.85. The van der Waals surface area contributed by atoms with E-state index in [4.69, 9.17) is 9.47 Å². The fraction of sp³-hybridized carbons (Fsp3) is 0.923. The number of hydrogen-bond acceptors (Lipinski definition) is 4. The maximum absolute atomic E-state index is 11.9. The average molecular weight is 259 g/mol. The van der Waals surface area contributed by atoms with Crippen LogP contribution in [0.1, 0.15) is 40.5 Å². The van der Waals surface area contributed by atoms with Gasteiger partial charge in [0.15, 0.2) is 0 Å². The number of aliphatic hydroxyl groups excluding tert-OH is 1. The Morgan fingerprint density at radius 3 is 2.78 bits per heavy atom. The quantitative estimate of drug-likeness (QED) is 0.839. The van der Waals surface area contributed by atoms with Gasteiger partial charge in [0.1, 0.15) is 5.60 Å². The molecular formula is C13H25NO4. The lowest BCUT2D eigenvalue weighted by Crippen LogP contribution is -2.47. The molecule has 2 atom stereocenters. The van der Waals surface area contributed by atoms with E-state index in [2.05, 4.69) is 0 Å². The van der Waals surface area contributed by atoms with Crippen molar-refractivity contribution in [2.75, 3.05) is 19.7 Å². The van der Waals surface area contributed by atoms with Crippen LogP contribution in [0.2, 0.25) is 0 Å². The molecule has 1 heterocycles. The topological polar surface area (TPSA) is 59.0 Å². The summed E-state index contributed by atoms with van der Waals surface area (Å²) in [5.41, 5.74) is -0.468. The molecule has 1 aliphatic heterocycles. The highest BCUT2D eigenvalue weighted by atomic mass is 16.6. The van der Waals surface area contributed by atoms with E-state index in [0.717, 1.165) is 6.42 Å². The lowest BCUT2D eigenvalue weighted by molar-refractivity contribution is -0.0476. The third kappa shape index (κ3) is 5.69. The van der Waals surface area contributed by atoms with Gasteiger partial charge in [0.05, 0.1) is 25.4 Å². The zero-order valence-corrected chi connectivity index (χ0v) is 11.8. The van der Waals surface area contributed by atoms with Crippen molar-refractivity contribution >= 4 is 6.09 Å². The van der Waals surface area contributed by atoms with Crippen LogP contribution in [0.15, 0.2) is 0 Å². The summed E-state index contributed by atoms with van der Waals surface area (Å²) in [5.74, 6) is 0. The van der Waals surface area contributed by atoms with Crippen LogP contribution in [0.25, 0.3) is 0 Å². The van der Waals surface area contributed by atoms with Crippen molar-refractivity contribution < 1.29 is 19.4 Å². The second kappa shape index (κ2) is 6.38. The normalized spacial score (nSPS) is 22.7. The fourth-order valence-electron chi connectivity index (χ4n) is 1.81.